The van der Waals surface area contributed by atoms with Crippen LogP contribution in [0, 0.1) is 0 Å². The molecule has 0 aromatic heterocycles. The molecule has 0 saturated carbocycles. The first-order valence-electron chi connectivity index (χ1n) is 1.43. The average molecular weight is 240 g/mol. The van der Waals surface area contributed by atoms with Crippen LogP contribution >= 0.6 is 7.82 Å². The van der Waals surface area contributed by atoms with Crippen LogP contribution in [0.3, 0.4) is 0 Å². The number of hydrogen-bond donors (Lipinski definition) is 2. The Morgan fingerprint density at radius 3 is 1.18 bits per heavy atom. The minimum absolute atomic E-state index is 0. The van der Waals surface area contributed by atoms with Crippen LogP contribution in [0.2, 0.25) is 0 Å². The predicted molar refractivity (Wildman–Crippen MR) is 19.2 cm³/mol. The topological polar surface area (TPSA) is 161 Å². The zero-order valence-electron chi connectivity index (χ0n) is 4.78. The van der Waals surface area contributed by atoms with Gasteiger partial charge in [0.1, 0.15) is 0 Å². The third kappa shape index (κ3) is 1670. The molecule has 0 atom stereocenters. The summed E-state index contributed by atoms with van der Waals surface area (Å²) < 4.78 is 43.1. The zero-order valence-corrected chi connectivity index (χ0v) is 8.10. The van der Waals surface area contributed by atoms with Crippen LogP contribution in [0.15, 0.2) is 0 Å². The van der Waals surface area contributed by atoms with Gasteiger partial charge in [-0.2, -0.15) is 0 Å². The summed E-state index contributed by atoms with van der Waals surface area (Å²) in [5, 5.41) is 0. The fraction of sp³-hybridized carbons (Fsp3) is 0. The monoisotopic (exact) mass is 240 g/mol. The third-order valence-electron chi connectivity index (χ3n) is 0. The van der Waals surface area contributed by atoms with Crippen LogP contribution in [0.25, 0.3) is 0 Å². The van der Waals surface area contributed by atoms with Crippen LogP contribution in [0.4, 0.5) is 0 Å². The van der Waals surface area contributed by atoms with E-state index in [9.17, 15) is 0 Å². The molecule has 0 spiro atoms. The quantitative estimate of drug-likeness (QED) is 0.316. The van der Waals surface area contributed by atoms with E-state index in [2.05, 4.69) is 0 Å². The Kier molecular flexibility index (Phi) is 10.0. The van der Waals surface area contributed by atoms with E-state index in [1.54, 1.807) is 0 Å². The first-order valence-corrected chi connectivity index (χ1v) is 5.04. The molecule has 0 amide bonds. The number of phosphoric acid groups is 1. The van der Waals surface area contributed by atoms with Gasteiger partial charge < -0.3 is 14.7 Å². The van der Waals surface area contributed by atoms with Crippen molar-refractivity contribution in [3.05, 3.63) is 0 Å². The van der Waals surface area contributed by atoms with Gasteiger partial charge in [-0.15, -0.1) is 0 Å². The SMILES string of the molecule is O=P([O-])(O)O.[Al+3].[O]=[Cr](=[O])([O-])[O-]. The second-order valence-corrected chi connectivity index (χ2v) is 3.15. The molecular weight excluding hydrogens is 238 g/mol. The van der Waals surface area contributed by atoms with Crippen molar-refractivity contribution in [1.29, 1.82) is 0 Å². The fourth-order valence-corrected chi connectivity index (χ4v) is 0. The molecule has 0 rings (SSSR count). The van der Waals surface area contributed by atoms with Crippen molar-refractivity contribution in [2.45, 2.75) is 0 Å². The third-order valence-corrected chi connectivity index (χ3v) is 0. The summed E-state index contributed by atoms with van der Waals surface area (Å²) in [6, 6.07) is 0. The summed E-state index contributed by atoms with van der Waals surface area (Å²) in [4.78, 5) is 22.9. The van der Waals surface area contributed by atoms with Crippen molar-refractivity contribution < 1.29 is 48.8 Å². The molecule has 0 heterocycles. The number of rotatable bonds is 0. The van der Waals surface area contributed by atoms with E-state index in [-0.39, 0.29) is 17.4 Å². The summed E-state index contributed by atoms with van der Waals surface area (Å²) in [5.41, 5.74) is 0. The maximum absolute atomic E-state index is 8.77. The van der Waals surface area contributed by atoms with Crippen molar-refractivity contribution in [2.24, 2.45) is 0 Å². The van der Waals surface area contributed by atoms with Gasteiger partial charge in [0.05, 0.1) is 0 Å². The van der Waals surface area contributed by atoms with Crippen molar-refractivity contribution in [3.8, 4) is 0 Å². The van der Waals surface area contributed by atoms with Gasteiger partial charge in [0.2, 0.25) is 0 Å². The molecule has 0 saturated heterocycles. The van der Waals surface area contributed by atoms with Gasteiger partial charge in [0.25, 0.3) is 7.82 Å². The molecular formula is H2AlCrO8P. The molecule has 0 fully saturated rings. The molecule has 8 nitrogen and oxygen atoms in total. The first kappa shape index (κ1) is 17.7. The van der Waals surface area contributed by atoms with Crippen molar-refractivity contribution >= 4 is 25.2 Å². The van der Waals surface area contributed by atoms with E-state index in [1.165, 1.54) is 0 Å². The Bertz CT molecular complexity index is 192. The molecule has 0 aliphatic heterocycles. The van der Waals surface area contributed by atoms with Gasteiger partial charge in [-0.25, -0.2) is 0 Å². The summed E-state index contributed by atoms with van der Waals surface area (Å²) in [6.45, 7) is 0. The normalized spacial score (nSPS) is 10.6. The average Bonchev–Trinajstić information content (AvgIpc) is 1.12. The van der Waals surface area contributed by atoms with Crippen LogP contribution < -0.4 is 13.2 Å². The van der Waals surface area contributed by atoms with E-state index in [1.807, 2.05) is 0 Å². The first-order chi connectivity index (χ1) is 4.00. The summed E-state index contributed by atoms with van der Waals surface area (Å²) >= 11 is -5.75. The Hall–Kier alpha value is 0.695. The van der Waals surface area contributed by atoms with Gasteiger partial charge in [0.15, 0.2) is 0 Å². The molecule has 11 heavy (non-hydrogen) atoms. The molecule has 0 unspecified atom stereocenters. The molecule has 11 heteroatoms. The van der Waals surface area contributed by atoms with Crippen LogP contribution in [-0.2, 0) is 25.8 Å². The molecule has 2 N–H and O–H groups in total. The molecule has 0 bridgehead atoms. The molecule has 0 aromatic rings. The Morgan fingerprint density at radius 2 is 1.18 bits per heavy atom. The molecule has 0 aliphatic carbocycles. The summed E-state index contributed by atoms with van der Waals surface area (Å²) in [7, 11) is -4.89. The van der Waals surface area contributed by atoms with Crippen LogP contribution in [0.1, 0.15) is 0 Å². The second kappa shape index (κ2) is 6.24. The van der Waals surface area contributed by atoms with Gasteiger partial charge >= 0.3 is 46.9 Å². The Labute approximate surface area is 74.2 Å². The Morgan fingerprint density at radius 1 is 1.18 bits per heavy atom. The molecule has 0 radical (unpaired) electrons. The maximum atomic E-state index is 8.77. The van der Waals surface area contributed by atoms with Gasteiger partial charge in [-0.05, 0) is 0 Å². The van der Waals surface area contributed by atoms with Gasteiger partial charge in [-0.3, -0.25) is 4.57 Å². The fourth-order valence-electron chi connectivity index (χ4n) is 0. The van der Waals surface area contributed by atoms with Crippen molar-refractivity contribution in [1.82, 2.24) is 0 Å². The standard InChI is InChI=1S/Al.Cr.H3O4P.4O/c;;1-5(2,3)4;;;;/h;;(H3,1,2,3,4);;;;/q+3;;;;;2*-1/p-1. The van der Waals surface area contributed by atoms with Crippen LogP contribution in [-0.4, -0.2) is 27.1 Å². The number of hydrogen-bond acceptors (Lipinski definition) is 6. The van der Waals surface area contributed by atoms with Crippen LogP contribution in [0.5, 0.6) is 0 Å². The van der Waals surface area contributed by atoms with E-state index in [0.29, 0.717) is 0 Å². The Balaban J connectivity index is -0.000000107. The molecule has 0 aromatic carbocycles. The molecule has 64 valence electrons. The van der Waals surface area contributed by atoms with Gasteiger partial charge in [0, 0.05) is 0 Å². The van der Waals surface area contributed by atoms with Crippen molar-refractivity contribution in [2.75, 3.05) is 0 Å². The summed E-state index contributed by atoms with van der Waals surface area (Å²) in [5.74, 6) is 0. The van der Waals surface area contributed by atoms with E-state index >= 15 is 0 Å². The van der Waals surface area contributed by atoms with Gasteiger partial charge in [-0.1, -0.05) is 0 Å². The van der Waals surface area contributed by atoms with E-state index in [0.717, 1.165) is 0 Å². The second-order valence-electron chi connectivity index (χ2n) is 0.899. The predicted octanol–water partition coefficient (Wildman–Crippen LogP) is -4.56. The minimum atomic E-state index is -5.75. The summed E-state index contributed by atoms with van der Waals surface area (Å²) in [6.07, 6.45) is 0. The molecule has 0 aliphatic rings. The van der Waals surface area contributed by atoms with Crippen molar-refractivity contribution in [3.63, 3.8) is 0 Å². The zero-order chi connectivity index (χ0) is 9.00. The van der Waals surface area contributed by atoms with E-state index in [4.69, 9.17) is 35.2 Å². The van der Waals surface area contributed by atoms with E-state index < -0.39 is 21.4 Å².